The van der Waals surface area contributed by atoms with E-state index in [9.17, 15) is 4.79 Å². The first-order valence-corrected chi connectivity index (χ1v) is 6.93. The van der Waals surface area contributed by atoms with Crippen LogP contribution in [0.5, 0.6) is 11.5 Å². The Hall–Kier alpha value is -2.48. The van der Waals surface area contributed by atoms with Gasteiger partial charge in [0.2, 0.25) is 6.79 Å². The van der Waals surface area contributed by atoms with E-state index in [1.807, 2.05) is 6.07 Å². The molecule has 0 aliphatic carbocycles. The van der Waals surface area contributed by atoms with Gasteiger partial charge in [0.15, 0.2) is 11.5 Å². The predicted molar refractivity (Wildman–Crippen MR) is 76.6 cm³/mol. The number of hydrogen-bond donors (Lipinski definition) is 0. The van der Waals surface area contributed by atoms with E-state index >= 15 is 0 Å². The lowest BCUT2D eigenvalue weighted by Crippen LogP contribution is -2.07. The normalized spacial score (nSPS) is 12.9. The van der Waals surface area contributed by atoms with Gasteiger partial charge in [-0.2, -0.15) is 5.26 Å². The standard InChI is InChI=1S/C16H17NO4/c1-2-3-4-7-19-16(18)13(10-17)8-12-5-6-14-15(9-12)21-11-20-14/h5-6,8-9H,2-4,7,11H2,1H3. The van der Waals surface area contributed by atoms with Gasteiger partial charge in [0.1, 0.15) is 11.6 Å². The summed E-state index contributed by atoms with van der Waals surface area (Å²) in [6.45, 7) is 2.60. The Kier molecular flexibility index (Phi) is 5.22. The summed E-state index contributed by atoms with van der Waals surface area (Å²) in [7, 11) is 0. The van der Waals surface area contributed by atoms with E-state index in [1.165, 1.54) is 6.08 Å². The molecule has 1 aliphatic rings. The molecular weight excluding hydrogens is 270 g/mol. The minimum atomic E-state index is -0.591. The van der Waals surface area contributed by atoms with Crippen LogP contribution in [-0.4, -0.2) is 19.4 Å². The Bertz CT molecular complexity index is 586. The number of esters is 1. The number of fused-ring (bicyclic) bond motifs is 1. The van der Waals surface area contributed by atoms with Crippen LogP contribution in [0.2, 0.25) is 0 Å². The zero-order chi connectivity index (χ0) is 15.1. The van der Waals surface area contributed by atoms with E-state index in [0.717, 1.165) is 19.3 Å². The van der Waals surface area contributed by atoms with E-state index in [4.69, 9.17) is 19.5 Å². The van der Waals surface area contributed by atoms with Gasteiger partial charge < -0.3 is 14.2 Å². The van der Waals surface area contributed by atoms with Gasteiger partial charge in [-0.25, -0.2) is 4.79 Å². The van der Waals surface area contributed by atoms with Gasteiger partial charge in [0.05, 0.1) is 6.61 Å². The minimum absolute atomic E-state index is 0.0228. The highest BCUT2D eigenvalue weighted by atomic mass is 16.7. The number of carbonyl (C=O) groups excluding carboxylic acids is 1. The van der Waals surface area contributed by atoms with Gasteiger partial charge in [-0.15, -0.1) is 0 Å². The number of nitrogens with zero attached hydrogens (tertiary/aromatic N) is 1. The molecule has 0 unspecified atom stereocenters. The Morgan fingerprint density at radius 2 is 2.19 bits per heavy atom. The second-order valence-corrected chi connectivity index (χ2v) is 4.63. The number of ether oxygens (including phenoxy) is 3. The van der Waals surface area contributed by atoms with Crippen molar-refractivity contribution in [3.8, 4) is 17.6 Å². The van der Waals surface area contributed by atoms with Crippen LogP contribution in [0.3, 0.4) is 0 Å². The molecule has 0 atom stereocenters. The van der Waals surface area contributed by atoms with Crippen LogP contribution >= 0.6 is 0 Å². The van der Waals surface area contributed by atoms with Gasteiger partial charge >= 0.3 is 5.97 Å². The van der Waals surface area contributed by atoms with Gasteiger partial charge in [-0.05, 0) is 30.2 Å². The minimum Gasteiger partial charge on any atom is -0.462 e. The number of nitriles is 1. The molecule has 0 N–H and O–H groups in total. The average Bonchev–Trinajstić information content (AvgIpc) is 2.96. The number of hydrogen-bond acceptors (Lipinski definition) is 5. The highest BCUT2D eigenvalue weighted by molar-refractivity contribution is 5.97. The highest BCUT2D eigenvalue weighted by Gasteiger charge is 2.14. The summed E-state index contributed by atoms with van der Waals surface area (Å²) < 4.78 is 15.5. The van der Waals surface area contributed by atoms with Crippen molar-refractivity contribution in [1.29, 1.82) is 5.26 Å². The van der Waals surface area contributed by atoms with Crippen LogP contribution in [0.4, 0.5) is 0 Å². The monoisotopic (exact) mass is 287 g/mol. The molecule has 0 saturated heterocycles. The van der Waals surface area contributed by atoms with Crippen molar-refractivity contribution in [3.63, 3.8) is 0 Å². The summed E-state index contributed by atoms with van der Waals surface area (Å²) in [6.07, 6.45) is 4.35. The van der Waals surface area contributed by atoms with Crippen LogP contribution in [-0.2, 0) is 9.53 Å². The van der Waals surface area contributed by atoms with Crippen LogP contribution in [0.15, 0.2) is 23.8 Å². The maximum Gasteiger partial charge on any atom is 0.348 e. The smallest absolute Gasteiger partial charge is 0.348 e. The molecule has 2 rings (SSSR count). The number of carbonyl (C=O) groups is 1. The van der Waals surface area contributed by atoms with E-state index < -0.39 is 5.97 Å². The van der Waals surface area contributed by atoms with Gasteiger partial charge in [0, 0.05) is 0 Å². The van der Waals surface area contributed by atoms with Crippen molar-refractivity contribution in [3.05, 3.63) is 29.3 Å². The quantitative estimate of drug-likeness (QED) is 0.348. The number of rotatable bonds is 6. The second-order valence-electron chi connectivity index (χ2n) is 4.63. The van der Waals surface area contributed by atoms with Crippen molar-refractivity contribution in [1.82, 2.24) is 0 Å². The van der Waals surface area contributed by atoms with Gasteiger partial charge in [-0.3, -0.25) is 0 Å². The first kappa shape index (κ1) is 14.9. The number of benzene rings is 1. The largest absolute Gasteiger partial charge is 0.462 e. The molecule has 1 heterocycles. The molecule has 0 amide bonds. The van der Waals surface area contributed by atoms with Crippen LogP contribution in [0, 0.1) is 11.3 Å². The molecule has 21 heavy (non-hydrogen) atoms. The van der Waals surface area contributed by atoms with E-state index in [2.05, 4.69) is 6.92 Å². The van der Waals surface area contributed by atoms with Crippen molar-refractivity contribution in [2.75, 3.05) is 13.4 Å². The first-order chi connectivity index (χ1) is 10.2. The Balaban J connectivity index is 2.03. The van der Waals surface area contributed by atoms with Gasteiger partial charge in [0.25, 0.3) is 0 Å². The summed E-state index contributed by atoms with van der Waals surface area (Å²) in [5.41, 5.74) is 0.673. The first-order valence-electron chi connectivity index (χ1n) is 6.93. The molecule has 0 aromatic heterocycles. The number of unbranched alkanes of at least 4 members (excludes halogenated alkanes) is 2. The average molecular weight is 287 g/mol. The van der Waals surface area contributed by atoms with Crippen LogP contribution in [0.1, 0.15) is 31.7 Å². The molecule has 0 spiro atoms. The molecule has 5 heteroatoms. The lowest BCUT2D eigenvalue weighted by molar-refractivity contribution is -0.138. The van der Waals surface area contributed by atoms with Crippen molar-refractivity contribution < 1.29 is 19.0 Å². The van der Waals surface area contributed by atoms with Crippen molar-refractivity contribution in [2.45, 2.75) is 26.2 Å². The Morgan fingerprint density at radius 3 is 2.95 bits per heavy atom. The fraction of sp³-hybridized carbons (Fsp3) is 0.375. The third-order valence-electron chi connectivity index (χ3n) is 3.03. The summed E-state index contributed by atoms with van der Waals surface area (Å²) in [6, 6.07) is 7.10. The zero-order valence-electron chi connectivity index (χ0n) is 11.9. The molecule has 0 saturated carbocycles. The fourth-order valence-corrected chi connectivity index (χ4v) is 1.90. The van der Waals surface area contributed by atoms with Crippen LogP contribution < -0.4 is 9.47 Å². The van der Waals surface area contributed by atoms with Crippen LogP contribution in [0.25, 0.3) is 6.08 Å². The molecule has 1 aromatic carbocycles. The molecule has 5 nitrogen and oxygen atoms in total. The van der Waals surface area contributed by atoms with Crippen molar-refractivity contribution in [2.24, 2.45) is 0 Å². The highest BCUT2D eigenvalue weighted by Crippen LogP contribution is 2.33. The van der Waals surface area contributed by atoms with E-state index in [1.54, 1.807) is 18.2 Å². The molecule has 1 aromatic rings. The zero-order valence-corrected chi connectivity index (χ0v) is 11.9. The molecule has 1 aliphatic heterocycles. The summed E-state index contributed by atoms with van der Waals surface area (Å²) in [4.78, 5) is 11.8. The topological polar surface area (TPSA) is 68.6 Å². The molecule has 0 bridgehead atoms. The third kappa shape index (κ3) is 3.99. The lowest BCUT2D eigenvalue weighted by atomic mass is 10.1. The van der Waals surface area contributed by atoms with Crippen molar-refractivity contribution >= 4 is 12.0 Å². The fourth-order valence-electron chi connectivity index (χ4n) is 1.90. The Morgan fingerprint density at radius 1 is 1.38 bits per heavy atom. The van der Waals surface area contributed by atoms with E-state index in [0.29, 0.717) is 23.7 Å². The lowest BCUT2D eigenvalue weighted by Gasteiger charge is -2.03. The Labute approximate surface area is 123 Å². The van der Waals surface area contributed by atoms with E-state index in [-0.39, 0.29) is 12.4 Å². The maximum atomic E-state index is 11.8. The summed E-state index contributed by atoms with van der Waals surface area (Å²) in [5.74, 6) is 0.677. The molecule has 0 radical (unpaired) electrons. The third-order valence-corrected chi connectivity index (χ3v) is 3.03. The predicted octanol–water partition coefficient (Wildman–Crippen LogP) is 3.06. The second kappa shape index (κ2) is 7.34. The SMILES string of the molecule is CCCCCOC(=O)C(C#N)=Cc1ccc2c(c1)OCO2. The molecule has 110 valence electrons. The molecule has 0 fully saturated rings. The maximum absolute atomic E-state index is 11.8. The summed E-state index contributed by atoms with van der Waals surface area (Å²) >= 11 is 0. The summed E-state index contributed by atoms with van der Waals surface area (Å²) in [5, 5.41) is 9.08. The van der Waals surface area contributed by atoms with Gasteiger partial charge in [-0.1, -0.05) is 25.8 Å². The molecular formula is C16H17NO4.